The molecule has 2 aromatic carbocycles. The van der Waals surface area contributed by atoms with Crippen molar-refractivity contribution in [1.82, 2.24) is 5.32 Å². The van der Waals surface area contributed by atoms with E-state index in [-0.39, 0.29) is 11.9 Å². The molecule has 0 unspecified atom stereocenters. The molecule has 0 saturated carbocycles. The van der Waals surface area contributed by atoms with Crippen LogP contribution in [0, 0.1) is 12.8 Å². The van der Waals surface area contributed by atoms with E-state index in [9.17, 15) is 4.79 Å². The zero-order valence-electron chi connectivity index (χ0n) is 18.2. The summed E-state index contributed by atoms with van der Waals surface area (Å²) in [4.78, 5) is 15.2. The fraction of sp³-hybridized carbons (Fsp3) is 0.480. The van der Waals surface area contributed by atoms with Gasteiger partial charge in [0.25, 0.3) is 5.91 Å². The molecule has 0 aliphatic carbocycles. The zero-order valence-corrected chi connectivity index (χ0v) is 18.2. The van der Waals surface area contributed by atoms with Gasteiger partial charge in [0, 0.05) is 18.8 Å². The highest BCUT2D eigenvalue weighted by Crippen LogP contribution is 2.25. The number of aryl methyl sites for hydroxylation is 1. The first kappa shape index (κ1) is 21.2. The lowest BCUT2D eigenvalue weighted by molar-refractivity contribution is -0.128. The molecule has 3 rings (SSSR count). The molecule has 0 aromatic heterocycles. The van der Waals surface area contributed by atoms with E-state index in [1.807, 2.05) is 45.0 Å². The number of carbonyl (C=O) groups excluding carboxylic acids is 1. The normalized spacial score (nSPS) is 16.9. The summed E-state index contributed by atoms with van der Waals surface area (Å²) >= 11 is 0. The predicted molar refractivity (Wildman–Crippen MR) is 119 cm³/mol. The molecule has 0 spiro atoms. The first-order valence-electron chi connectivity index (χ1n) is 10.8. The molecule has 4 heteroatoms. The van der Waals surface area contributed by atoms with Gasteiger partial charge in [0.05, 0.1) is 6.04 Å². The smallest absolute Gasteiger partial charge is 0.261 e. The average Bonchev–Trinajstić information content (AvgIpc) is 2.74. The molecular weight excluding hydrogens is 360 g/mol. The number of hydrogen-bond acceptors (Lipinski definition) is 3. The summed E-state index contributed by atoms with van der Waals surface area (Å²) < 4.78 is 5.91. The minimum Gasteiger partial charge on any atom is -0.481 e. The molecular formula is C25H34N2O2. The Morgan fingerprint density at radius 3 is 2.31 bits per heavy atom. The maximum Gasteiger partial charge on any atom is 0.261 e. The Labute approximate surface area is 175 Å². The van der Waals surface area contributed by atoms with Crippen molar-refractivity contribution in [3.8, 4) is 5.75 Å². The Kier molecular flexibility index (Phi) is 7.18. The number of hydrogen-bond donors (Lipinski definition) is 1. The van der Waals surface area contributed by atoms with Crippen molar-refractivity contribution < 1.29 is 9.53 Å². The minimum absolute atomic E-state index is 0.0615. The minimum atomic E-state index is -0.491. The molecule has 1 saturated heterocycles. The number of anilines is 1. The van der Waals surface area contributed by atoms with Crippen LogP contribution in [-0.4, -0.2) is 25.1 Å². The summed E-state index contributed by atoms with van der Waals surface area (Å²) in [5.74, 6) is 1.48. The number of ether oxygens (including phenoxy) is 1. The van der Waals surface area contributed by atoms with Crippen molar-refractivity contribution in [2.45, 2.75) is 59.1 Å². The van der Waals surface area contributed by atoms with Gasteiger partial charge < -0.3 is 15.0 Å². The lowest BCUT2D eigenvalue weighted by Crippen LogP contribution is -2.39. The molecule has 0 radical (unpaired) electrons. The number of nitrogens with one attached hydrogen (secondary N) is 1. The maximum atomic E-state index is 12.7. The van der Waals surface area contributed by atoms with E-state index < -0.39 is 6.10 Å². The van der Waals surface area contributed by atoms with Crippen LogP contribution in [0.4, 0.5) is 5.69 Å². The van der Waals surface area contributed by atoms with Crippen LogP contribution < -0.4 is 15.0 Å². The van der Waals surface area contributed by atoms with Crippen molar-refractivity contribution in [2.24, 2.45) is 5.92 Å². The van der Waals surface area contributed by atoms with Gasteiger partial charge in [0.2, 0.25) is 0 Å². The fourth-order valence-electron chi connectivity index (χ4n) is 3.73. The topological polar surface area (TPSA) is 41.6 Å². The van der Waals surface area contributed by atoms with Crippen LogP contribution in [-0.2, 0) is 4.79 Å². The van der Waals surface area contributed by atoms with Crippen molar-refractivity contribution in [2.75, 3.05) is 18.0 Å². The monoisotopic (exact) mass is 394 g/mol. The van der Waals surface area contributed by atoms with Crippen LogP contribution >= 0.6 is 0 Å². The lowest BCUT2D eigenvalue weighted by atomic mass is 9.98. The summed E-state index contributed by atoms with van der Waals surface area (Å²) in [6.07, 6.45) is 2.65. The van der Waals surface area contributed by atoms with Gasteiger partial charge in [0.1, 0.15) is 5.75 Å². The van der Waals surface area contributed by atoms with Gasteiger partial charge >= 0.3 is 0 Å². The molecule has 1 aliphatic heterocycles. The second-order valence-corrected chi connectivity index (χ2v) is 8.32. The van der Waals surface area contributed by atoms with E-state index in [0.717, 1.165) is 30.3 Å². The molecule has 1 fully saturated rings. The Hall–Kier alpha value is -2.49. The van der Waals surface area contributed by atoms with E-state index in [1.54, 1.807) is 0 Å². The van der Waals surface area contributed by atoms with Crippen molar-refractivity contribution >= 4 is 11.6 Å². The Bertz CT molecular complexity index is 777. The van der Waals surface area contributed by atoms with E-state index >= 15 is 0 Å². The molecule has 1 N–H and O–H groups in total. The van der Waals surface area contributed by atoms with E-state index in [1.165, 1.54) is 24.1 Å². The first-order valence-corrected chi connectivity index (χ1v) is 10.8. The van der Waals surface area contributed by atoms with E-state index in [0.29, 0.717) is 6.42 Å². The van der Waals surface area contributed by atoms with Gasteiger partial charge in [-0.05, 0) is 68.9 Å². The second kappa shape index (κ2) is 9.82. The lowest BCUT2D eigenvalue weighted by Gasteiger charge is -2.32. The SMILES string of the molecule is CC[C@@H](Oc1ccc(C)cc1)C(=O)N[C@H](C)c1ccc(N2CCC(C)CC2)cc1. The summed E-state index contributed by atoms with van der Waals surface area (Å²) in [6.45, 7) is 10.6. The molecule has 1 heterocycles. The van der Waals surface area contributed by atoms with Crippen molar-refractivity contribution in [3.05, 3.63) is 59.7 Å². The van der Waals surface area contributed by atoms with Gasteiger partial charge in [-0.3, -0.25) is 4.79 Å². The molecule has 2 aromatic rings. The van der Waals surface area contributed by atoms with Crippen LogP contribution in [0.1, 0.15) is 57.2 Å². The van der Waals surface area contributed by atoms with Gasteiger partial charge in [-0.25, -0.2) is 0 Å². The fourth-order valence-corrected chi connectivity index (χ4v) is 3.73. The Morgan fingerprint density at radius 2 is 1.72 bits per heavy atom. The highest BCUT2D eigenvalue weighted by Gasteiger charge is 2.21. The number of piperidine rings is 1. The summed E-state index contributed by atoms with van der Waals surface area (Å²) in [7, 11) is 0. The van der Waals surface area contributed by atoms with Crippen LogP contribution in [0.5, 0.6) is 5.75 Å². The molecule has 1 amide bonds. The van der Waals surface area contributed by atoms with Gasteiger partial charge in [-0.2, -0.15) is 0 Å². The second-order valence-electron chi connectivity index (χ2n) is 8.32. The van der Waals surface area contributed by atoms with E-state index in [4.69, 9.17) is 4.74 Å². The highest BCUT2D eigenvalue weighted by atomic mass is 16.5. The molecule has 4 nitrogen and oxygen atoms in total. The number of carbonyl (C=O) groups is 1. The molecule has 156 valence electrons. The zero-order chi connectivity index (χ0) is 20.8. The van der Waals surface area contributed by atoms with Crippen LogP contribution in [0.2, 0.25) is 0 Å². The third kappa shape index (κ3) is 5.75. The Balaban J connectivity index is 1.57. The van der Waals surface area contributed by atoms with Crippen molar-refractivity contribution in [3.63, 3.8) is 0 Å². The van der Waals surface area contributed by atoms with Gasteiger partial charge in [-0.1, -0.05) is 43.7 Å². The molecule has 2 atom stereocenters. The van der Waals surface area contributed by atoms with Crippen LogP contribution in [0.3, 0.4) is 0 Å². The summed E-state index contributed by atoms with van der Waals surface area (Å²) in [5, 5.41) is 3.11. The molecule has 1 aliphatic rings. The number of amides is 1. The standard InChI is InChI=1S/C25H34N2O2/c1-5-24(29-23-12-6-18(2)7-13-23)25(28)26-20(4)21-8-10-22(11-9-21)27-16-14-19(3)15-17-27/h6-13,19-20,24H,5,14-17H2,1-4H3,(H,26,28)/t20-,24-/m1/s1. The average molecular weight is 395 g/mol. The number of benzene rings is 2. The van der Waals surface area contributed by atoms with Crippen LogP contribution in [0.25, 0.3) is 0 Å². The van der Waals surface area contributed by atoms with E-state index in [2.05, 4.69) is 41.4 Å². The van der Waals surface area contributed by atoms with Crippen LogP contribution in [0.15, 0.2) is 48.5 Å². The predicted octanol–water partition coefficient (Wildman–Crippen LogP) is 5.27. The highest BCUT2D eigenvalue weighted by molar-refractivity contribution is 5.81. The largest absolute Gasteiger partial charge is 0.481 e. The maximum absolute atomic E-state index is 12.7. The summed E-state index contributed by atoms with van der Waals surface area (Å²) in [5.41, 5.74) is 3.55. The molecule has 0 bridgehead atoms. The number of rotatable bonds is 7. The van der Waals surface area contributed by atoms with Gasteiger partial charge in [-0.15, -0.1) is 0 Å². The Morgan fingerprint density at radius 1 is 1.10 bits per heavy atom. The first-order chi connectivity index (χ1) is 14.0. The van der Waals surface area contributed by atoms with Gasteiger partial charge in [0.15, 0.2) is 6.10 Å². The third-order valence-electron chi connectivity index (χ3n) is 5.86. The third-order valence-corrected chi connectivity index (χ3v) is 5.86. The quantitative estimate of drug-likeness (QED) is 0.696. The molecule has 29 heavy (non-hydrogen) atoms. The number of nitrogens with zero attached hydrogens (tertiary/aromatic N) is 1. The summed E-state index contributed by atoms with van der Waals surface area (Å²) in [6, 6.07) is 16.3. The van der Waals surface area contributed by atoms with Crippen molar-refractivity contribution in [1.29, 1.82) is 0 Å².